The third-order valence-corrected chi connectivity index (χ3v) is 6.91. The summed E-state index contributed by atoms with van der Waals surface area (Å²) < 4.78 is 5.41. The van der Waals surface area contributed by atoms with Crippen LogP contribution in [-0.4, -0.2) is 47.9 Å². The summed E-state index contributed by atoms with van der Waals surface area (Å²) >= 11 is 0. The summed E-state index contributed by atoms with van der Waals surface area (Å²) in [6.45, 7) is 6.80. The monoisotopic (exact) mass is 542 g/mol. The lowest BCUT2D eigenvalue weighted by Crippen LogP contribution is -2.50. The van der Waals surface area contributed by atoms with E-state index in [1.807, 2.05) is 73.7 Å². The van der Waals surface area contributed by atoms with Crippen molar-refractivity contribution in [3.05, 3.63) is 89.0 Å². The van der Waals surface area contributed by atoms with Gasteiger partial charge in [0.25, 0.3) is 5.91 Å². The van der Waals surface area contributed by atoms with Crippen LogP contribution < -0.4 is 21.1 Å². The number of rotatable bonds is 9. The summed E-state index contributed by atoms with van der Waals surface area (Å²) in [6, 6.07) is 20.5. The summed E-state index contributed by atoms with van der Waals surface area (Å²) in [5, 5.41) is 5.79. The Kier molecular flexibility index (Phi) is 8.90. The van der Waals surface area contributed by atoms with Gasteiger partial charge in [-0.25, -0.2) is 0 Å². The van der Waals surface area contributed by atoms with Gasteiger partial charge in [-0.15, -0.1) is 0 Å². The lowest BCUT2D eigenvalue weighted by Gasteiger charge is -2.26. The van der Waals surface area contributed by atoms with E-state index >= 15 is 0 Å². The maximum atomic E-state index is 13.7. The van der Waals surface area contributed by atoms with Crippen LogP contribution in [0, 0.1) is 0 Å². The van der Waals surface area contributed by atoms with E-state index in [1.54, 1.807) is 25.9 Å². The summed E-state index contributed by atoms with van der Waals surface area (Å²) in [4.78, 5) is 40.8. The maximum absolute atomic E-state index is 13.7. The van der Waals surface area contributed by atoms with E-state index < -0.39 is 11.6 Å². The van der Waals surface area contributed by atoms with E-state index in [4.69, 9.17) is 10.5 Å². The molecule has 1 heterocycles. The Morgan fingerprint density at radius 3 is 2.45 bits per heavy atom. The topological polar surface area (TPSA) is 114 Å². The lowest BCUT2D eigenvalue weighted by atomic mass is 9.98. The minimum absolute atomic E-state index is 0.112. The zero-order valence-corrected chi connectivity index (χ0v) is 23.6. The summed E-state index contributed by atoms with van der Waals surface area (Å²) in [5.74, 6) is 0.186. The Morgan fingerprint density at radius 1 is 1.05 bits per heavy atom. The molecule has 8 heteroatoms. The molecule has 1 unspecified atom stereocenters. The van der Waals surface area contributed by atoms with E-state index in [-0.39, 0.29) is 24.1 Å². The third-order valence-electron chi connectivity index (χ3n) is 6.91. The predicted molar refractivity (Wildman–Crippen MR) is 156 cm³/mol. The van der Waals surface area contributed by atoms with E-state index in [2.05, 4.69) is 10.6 Å². The van der Waals surface area contributed by atoms with Crippen LogP contribution in [0.3, 0.4) is 0 Å². The Hall–Kier alpha value is -4.17. The average molecular weight is 543 g/mol. The van der Waals surface area contributed by atoms with Crippen LogP contribution >= 0.6 is 0 Å². The fourth-order valence-electron chi connectivity index (χ4n) is 4.99. The molecule has 0 aliphatic carbocycles. The number of methoxy groups -OCH3 is 1. The number of hydrogen-bond donors (Lipinski definition) is 3. The predicted octanol–water partition coefficient (Wildman–Crippen LogP) is 3.81. The van der Waals surface area contributed by atoms with Crippen molar-refractivity contribution < 1.29 is 19.1 Å². The molecular weight excluding hydrogens is 504 g/mol. The van der Waals surface area contributed by atoms with Gasteiger partial charge in [0.05, 0.1) is 7.11 Å². The second kappa shape index (κ2) is 12.3. The van der Waals surface area contributed by atoms with Gasteiger partial charge in [-0.3, -0.25) is 14.4 Å². The van der Waals surface area contributed by atoms with Crippen molar-refractivity contribution >= 4 is 17.7 Å². The van der Waals surface area contributed by atoms with Crippen molar-refractivity contribution in [1.82, 2.24) is 15.5 Å². The molecule has 1 aliphatic rings. The zero-order valence-electron chi connectivity index (χ0n) is 23.6. The molecule has 3 aromatic carbocycles. The highest BCUT2D eigenvalue weighted by molar-refractivity contribution is 6.00. The Balaban J connectivity index is 1.59. The smallest absolute Gasteiger partial charge is 0.251 e. The first kappa shape index (κ1) is 28.8. The van der Waals surface area contributed by atoms with Crippen molar-refractivity contribution in [2.75, 3.05) is 13.7 Å². The molecule has 0 fully saturated rings. The van der Waals surface area contributed by atoms with Gasteiger partial charge in [-0.2, -0.15) is 0 Å². The summed E-state index contributed by atoms with van der Waals surface area (Å²) in [7, 11) is 1.61. The molecular formula is C32H38N4O4. The number of nitrogens with two attached hydrogens (primary N) is 1. The van der Waals surface area contributed by atoms with Gasteiger partial charge < -0.3 is 26.0 Å². The zero-order chi connectivity index (χ0) is 28.9. The number of benzene rings is 3. The lowest BCUT2D eigenvalue weighted by molar-refractivity contribution is -0.137. The molecule has 1 atom stereocenters. The highest BCUT2D eigenvalue weighted by Gasteiger charge is 2.32. The minimum Gasteiger partial charge on any atom is -0.497 e. The second-order valence-corrected chi connectivity index (χ2v) is 10.9. The fourth-order valence-corrected chi connectivity index (χ4v) is 4.99. The molecule has 0 aromatic heterocycles. The van der Waals surface area contributed by atoms with Crippen LogP contribution in [0.1, 0.15) is 54.2 Å². The van der Waals surface area contributed by atoms with Crippen LogP contribution in [0.5, 0.6) is 5.75 Å². The third kappa shape index (κ3) is 7.07. The number of nitrogens with zero attached hydrogens (tertiary/aromatic N) is 1. The number of ether oxygens (including phenoxy) is 1. The summed E-state index contributed by atoms with van der Waals surface area (Å²) in [6.07, 6.45) is 0.481. The van der Waals surface area contributed by atoms with Crippen LogP contribution in [0.2, 0.25) is 0 Å². The van der Waals surface area contributed by atoms with Crippen molar-refractivity contribution in [3.8, 4) is 16.9 Å². The summed E-state index contributed by atoms with van der Waals surface area (Å²) in [5.41, 5.74) is 10.7. The van der Waals surface area contributed by atoms with Gasteiger partial charge in [-0.1, -0.05) is 48.5 Å². The maximum Gasteiger partial charge on any atom is 0.251 e. The Morgan fingerprint density at radius 2 is 1.77 bits per heavy atom. The van der Waals surface area contributed by atoms with Gasteiger partial charge in [-0.05, 0) is 66.8 Å². The van der Waals surface area contributed by atoms with E-state index in [0.717, 1.165) is 27.8 Å². The molecule has 210 valence electrons. The minimum atomic E-state index is -0.716. The first-order chi connectivity index (χ1) is 19.1. The van der Waals surface area contributed by atoms with Crippen molar-refractivity contribution in [1.29, 1.82) is 0 Å². The quantitative estimate of drug-likeness (QED) is 0.381. The molecule has 0 bridgehead atoms. The number of amides is 3. The van der Waals surface area contributed by atoms with Crippen molar-refractivity contribution in [3.63, 3.8) is 0 Å². The van der Waals surface area contributed by atoms with Crippen LogP contribution in [0.15, 0.2) is 66.7 Å². The first-order valence-electron chi connectivity index (χ1n) is 13.6. The number of hydrogen-bond acceptors (Lipinski definition) is 5. The van der Waals surface area contributed by atoms with Crippen molar-refractivity contribution in [2.45, 2.75) is 58.3 Å². The largest absolute Gasteiger partial charge is 0.497 e. The molecule has 0 saturated heterocycles. The Labute approximate surface area is 235 Å². The Bertz CT molecular complexity index is 1380. The standard InChI is InChI=1S/C32H38N4O4/c1-5-34-30(38)27-9-7-6-8-26(27)22-12-10-21(11-13-22)19-36-20-23-14-15-25(40-4)16-24(23)17-28(31(36)39)35-29(37)18-32(2,3)33/h6-16,28H,5,17-20,33H2,1-4H3,(H,34,38)(H,35,37). The molecule has 0 radical (unpaired) electrons. The number of carbonyl (C=O) groups excluding carboxylic acids is 3. The molecule has 3 amide bonds. The van der Waals surface area contributed by atoms with Crippen LogP contribution in [0.25, 0.3) is 11.1 Å². The first-order valence-corrected chi connectivity index (χ1v) is 13.6. The second-order valence-electron chi connectivity index (χ2n) is 10.9. The average Bonchev–Trinajstić information content (AvgIpc) is 3.04. The van der Waals surface area contributed by atoms with Gasteiger partial charge >= 0.3 is 0 Å². The molecule has 40 heavy (non-hydrogen) atoms. The van der Waals surface area contributed by atoms with Crippen LogP contribution in [0.4, 0.5) is 0 Å². The molecule has 0 spiro atoms. The fraction of sp³-hybridized carbons (Fsp3) is 0.344. The number of carbonyl (C=O) groups is 3. The van der Waals surface area contributed by atoms with E-state index in [0.29, 0.717) is 37.4 Å². The molecule has 8 nitrogen and oxygen atoms in total. The molecule has 4 rings (SSSR count). The van der Waals surface area contributed by atoms with Gasteiger partial charge in [0.1, 0.15) is 11.8 Å². The van der Waals surface area contributed by atoms with Crippen LogP contribution in [-0.2, 0) is 29.1 Å². The number of fused-ring (bicyclic) bond motifs is 1. The molecule has 1 aliphatic heterocycles. The van der Waals surface area contributed by atoms with Crippen molar-refractivity contribution in [2.24, 2.45) is 5.73 Å². The molecule has 4 N–H and O–H groups in total. The van der Waals surface area contributed by atoms with E-state index in [9.17, 15) is 14.4 Å². The van der Waals surface area contributed by atoms with Gasteiger partial charge in [0.15, 0.2) is 0 Å². The molecule has 0 saturated carbocycles. The number of nitrogens with one attached hydrogen (secondary N) is 2. The highest BCUT2D eigenvalue weighted by atomic mass is 16.5. The normalized spacial score (nSPS) is 15.2. The van der Waals surface area contributed by atoms with Gasteiger partial charge in [0.2, 0.25) is 11.8 Å². The SMILES string of the molecule is CCNC(=O)c1ccccc1-c1ccc(CN2Cc3ccc(OC)cc3CC(NC(=O)CC(C)(C)N)C2=O)cc1. The van der Waals surface area contributed by atoms with Gasteiger partial charge in [0, 0.05) is 43.6 Å². The van der Waals surface area contributed by atoms with E-state index in [1.165, 1.54) is 0 Å². The molecule has 3 aromatic rings. The highest BCUT2D eigenvalue weighted by Crippen LogP contribution is 2.27.